The molecule has 3 rings (SSSR count). The zero-order chi connectivity index (χ0) is 19.1. The van der Waals surface area contributed by atoms with E-state index in [-0.39, 0.29) is 5.02 Å². The van der Waals surface area contributed by atoms with Crippen molar-refractivity contribution in [2.75, 3.05) is 0 Å². The zero-order valence-corrected chi connectivity index (χ0v) is 16.8. The number of benzene rings is 1. The first-order valence-electron chi connectivity index (χ1n) is 10.1. The highest BCUT2D eigenvalue weighted by atomic mass is 35.5. The second-order valence-corrected chi connectivity index (χ2v) is 7.99. The lowest BCUT2D eigenvalue weighted by Crippen LogP contribution is -2.13. The van der Waals surface area contributed by atoms with Crippen molar-refractivity contribution in [3.05, 3.63) is 59.1 Å². The summed E-state index contributed by atoms with van der Waals surface area (Å²) in [5.74, 6) is 1.69. The van der Waals surface area contributed by atoms with E-state index >= 15 is 0 Å². The van der Waals surface area contributed by atoms with Crippen molar-refractivity contribution < 1.29 is 4.39 Å². The van der Waals surface area contributed by atoms with Crippen LogP contribution in [0.5, 0.6) is 0 Å². The Morgan fingerprint density at radius 2 is 1.89 bits per heavy atom. The van der Waals surface area contributed by atoms with Crippen molar-refractivity contribution in [2.24, 2.45) is 11.8 Å². The summed E-state index contributed by atoms with van der Waals surface area (Å²) in [6, 6.07) is 4.66. The highest BCUT2D eigenvalue weighted by molar-refractivity contribution is 6.30. The fourth-order valence-electron chi connectivity index (χ4n) is 3.76. The van der Waals surface area contributed by atoms with Crippen LogP contribution in [0.4, 0.5) is 4.39 Å². The lowest BCUT2D eigenvalue weighted by Gasteiger charge is -2.26. The molecule has 1 fully saturated rings. The van der Waals surface area contributed by atoms with Gasteiger partial charge in [0.2, 0.25) is 0 Å². The van der Waals surface area contributed by atoms with E-state index in [2.05, 4.69) is 29.0 Å². The Morgan fingerprint density at radius 3 is 2.56 bits per heavy atom. The Kier molecular flexibility index (Phi) is 7.40. The summed E-state index contributed by atoms with van der Waals surface area (Å²) in [6.07, 6.45) is 18.5. The van der Waals surface area contributed by atoms with Crippen LogP contribution in [0.25, 0.3) is 11.4 Å². The van der Waals surface area contributed by atoms with Gasteiger partial charge in [0.15, 0.2) is 5.82 Å². The van der Waals surface area contributed by atoms with Gasteiger partial charge in [0.25, 0.3) is 0 Å². The Balaban J connectivity index is 1.47. The van der Waals surface area contributed by atoms with Gasteiger partial charge in [-0.05, 0) is 80.5 Å². The maximum Gasteiger partial charge on any atom is 0.159 e. The molecule has 144 valence electrons. The van der Waals surface area contributed by atoms with Gasteiger partial charge in [-0.2, -0.15) is 0 Å². The summed E-state index contributed by atoms with van der Waals surface area (Å²) < 4.78 is 13.6. The third-order valence-corrected chi connectivity index (χ3v) is 5.79. The van der Waals surface area contributed by atoms with Crippen molar-refractivity contribution in [1.29, 1.82) is 0 Å². The molecule has 0 unspecified atom stereocenters. The van der Waals surface area contributed by atoms with E-state index in [0.717, 1.165) is 23.8 Å². The lowest BCUT2D eigenvalue weighted by atomic mass is 9.79. The quantitative estimate of drug-likeness (QED) is 0.477. The molecule has 2 aromatic rings. The molecule has 0 radical (unpaired) electrons. The first kappa shape index (κ1) is 20.0. The number of allylic oxidation sites excluding steroid dienone is 2. The summed E-state index contributed by atoms with van der Waals surface area (Å²) in [7, 11) is 0. The highest BCUT2D eigenvalue weighted by Gasteiger charge is 2.19. The molecule has 0 spiro atoms. The van der Waals surface area contributed by atoms with E-state index in [1.54, 1.807) is 6.07 Å². The number of nitrogens with zero attached hydrogens (tertiary/aromatic N) is 2. The SMILES string of the molecule is CCC/C=C/[C@H]1CC[C@H](CCc2cnc(-c3ccc(Cl)c(F)c3)nc2)CC1. The molecule has 0 bridgehead atoms. The Labute approximate surface area is 166 Å². The maximum absolute atomic E-state index is 13.6. The minimum Gasteiger partial charge on any atom is -0.236 e. The summed E-state index contributed by atoms with van der Waals surface area (Å²) in [6.45, 7) is 2.23. The molecule has 1 saturated carbocycles. The van der Waals surface area contributed by atoms with Crippen molar-refractivity contribution in [2.45, 2.75) is 58.3 Å². The predicted molar refractivity (Wildman–Crippen MR) is 110 cm³/mol. The fourth-order valence-corrected chi connectivity index (χ4v) is 3.88. The highest BCUT2D eigenvalue weighted by Crippen LogP contribution is 2.32. The van der Waals surface area contributed by atoms with Crippen molar-refractivity contribution in [1.82, 2.24) is 9.97 Å². The standard InChI is InChI=1S/C23H28ClFN2/c1-2-3-4-5-17-6-8-18(9-7-17)10-11-19-15-26-23(27-16-19)20-12-13-21(24)22(25)14-20/h4-5,12-18H,2-3,6-11H2,1H3/b5-4+/t17-,18-. The molecule has 4 heteroatoms. The molecule has 1 aromatic heterocycles. The van der Waals surface area contributed by atoms with E-state index in [9.17, 15) is 4.39 Å². The molecule has 0 N–H and O–H groups in total. The van der Waals surface area contributed by atoms with Gasteiger partial charge in [-0.3, -0.25) is 0 Å². The zero-order valence-electron chi connectivity index (χ0n) is 16.0. The van der Waals surface area contributed by atoms with Crippen molar-refractivity contribution in [3.8, 4) is 11.4 Å². The van der Waals surface area contributed by atoms with Gasteiger partial charge in [-0.25, -0.2) is 14.4 Å². The van der Waals surface area contributed by atoms with Gasteiger partial charge in [-0.1, -0.05) is 37.1 Å². The van der Waals surface area contributed by atoms with Crippen LogP contribution in [0.15, 0.2) is 42.7 Å². The number of hydrogen-bond acceptors (Lipinski definition) is 2. The van der Waals surface area contributed by atoms with E-state index in [1.807, 2.05) is 12.4 Å². The average Bonchev–Trinajstić information content (AvgIpc) is 2.70. The van der Waals surface area contributed by atoms with Gasteiger partial charge in [0.05, 0.1) is 5.02 Å². The number of aromatic nitrogens is 2. The molecule has 0 atom stereocenters. The average molecular weight is 387 g/mol. The normalized spacial score (nSPS) is 20.3. The van der Waals surface area contributed by atoms with Gasteiger partial charge in [-0.15, -0.1) is 0 Å². The molecule has 1 heterocycles. The molecular weight excluding hydrogens is 359 g/mol. The number of rotatable bonds is 7. The first-order chi connectivity index (χ1) is 13.2. The minimum absolute atomic E-state index is 0.117. The number of hydrogen-bond donors (Lipinski definition) is 0. The molecule has 2 nitrogen and oxygen atoms in total. The summed E-state index contributed by atoms with van der Waals surface area (Å²) in [5.41, 5.74) is 1.80. The second kappa shape index (κ2) is 9.98. The van der Waals surface area contributed by atoms with Crippen LogP contribution < -0.4 is 0 Å². The predicted octanol–water partition coefficient (Wildman–Crippen LogP) is 7.03. The van der Waals surface area contributed by atoms with E-state index in [0.29, 0.717) is 11.4 Å². The Morgan fingerprint density at radius 1 is 1.15 bits per heavy atom. The molecular formula is C23H28ClFN2. The maximum atomic E-state index is 13.6. The van der Waals surface area contributed by atoms with Crippen LogP contribution >= 0.6 is 11.6 Å². The second-order valence-electron chi connectivity index (χ2n) is 7.58. The number of halogens is 2. The topological polar surface area (TPSA) is 25.8 Å². The van der Waals surface area contributed by atoms with Crippen LogP contribution in [-0.4, -0.2) is 9.97 Å². The van der Waals surface area contributed by atoms with E-state index < -0.39 is 5.82 Å². The van der Waals surface area contributed by atoms with E-state index in [1.165, 1.54) is 57.1 Å². The van der Waals surface area contributed by atoms with Crippen molar-refractivity contribution >= 4 is 11.6 Å². The third-order valence-electron chi connectivity index (χ3n) is 5.48. The largest absolute Gasteiger partial charge is 0.236 e. The Hall–Kier alpha value is -1.74. The number of unbranched alkanes of at least 4 members (excludes halogenated alkanes) is 1. The van der Waals surface area contributed by atoms with Crippen LogP contribution in [0, 0.1) is 17.7 Å². The molecule has 1 aliphatic carbocycles. The molecule has 0 saturated heterocycles. The molecule has 1 aromatic carbocycles. The number of aryl methyl sites for hydroxylation is 1. The monoisotopic (exact) mass is 386 g/mol. The third kappa shape index (κ3) is 5.87. The lowest BCUT2D eigenvalue weighted by molar-refractivity contribution is 0.296. The summed E-state index contributed by atoms with van der Waals surface area (Å²) in [5, 5.41) is 0.117. The van der Waals surface area contributed by atoms with Crippen LogP contribution in [0.3, 0.4) is 0 Å². The van der Waals surface area contributed by atoms with Crippen LogP contribution in [0.2, 0.25) is 5.02 Å². The van der Waals surface area contributed by atoms with Crippen molar-refractivity contribution in [3.63, 3.8) is 0 Å². The van der Waals surface area contributed by atoms with Gasteiger partial charge in [0.1, 0.15) is 5.82 Å². The van der Waals surface area contributed by atoms with E-state index in [4.69, 9.17) is 11.6 Å². The first-order valence-corrected chi connectivity index (χ1v) is 10.5. The molecule has 1 aliphatic rings. The fraction of sp³-hybridized carbons (Fsp3) is 0.478. The molecule has 0 amide bonds. The van der Waals surface area contributed by atoms with Crippen LogP contribution in [-0.2, 0) is 6.42 Å². The van der Waals surface area contributed by atoms with Crippen LogP contribution in [0.1, 0.15) is 57.4 Å². The minimum atomic E-state index is -0.443. The molecule has 27 heavy (non-hydrogen) atoms. The molecule has 0 aliphatic heterocycles. The summed E-state index contributed by atoms with van der Waals surface area (Å²) >= 11 is 5.73. The smallest absolute Gasteiger partial charge is 0.159 e. The Bertz CT molecular complexity index is 749. The van der Waals surface area contributed by atoms with Gasteiger partial charge < -0.3 is 0 Å². The summed E-state index contributed by atoms with van der Waals surface area (Å²) in [4.78, 5) is 8.81. The van der Waals surface area contributed by atoms with Gasteiger partial charge >= 0.3 is 0 Å². The van der Waals surface area contributed by atoms with Gasteiger partial charge in [0, 0.05) is 18.0 Å².